The van der Waals surface area contributed by atoms with Crippen LogP contribution in [0.15, 0.2) is 27.9 Å². The number of aromatic amines is 2. The van der Waals surface area contributed by atoms with Crippen LogP contribution < -0.4 is 5.69 Å². The summed E-state index contributed by atoms with van der Waals surface area (Å²) in [5.74, 6) is -0.193. The van der Waals surface area contributed by atoms with Gasteiger partial charge in [0.05, 0.1) is 33.5 Å². The number of sulfonamides is 1. The van der Waals surface area contributed by atoms with Gasteiger partial charge >= 0.3 is 5.69 Å². The normalized spacial score (nSPS) is 25.5. The van der Waals surface area contributed by atoms with Crippen molar-refractivity contribution in [3.8, 4) is 0 Å². The maximum atomic E-state index is 13.3. The number of aromatic nitrogens is 2. The molecule has 9 nitrogen and oxygen atoms in total. The van der Waals surface area contributed by atoms with Gasteiger partial charge in [-0.15, -0.1) is 0 Å². The maximum Gasteiger partial charge on any atom is 0.323 e. The maximum absolute atomic E-state index is 13.3. The van der Waals surface area contributed by atoms with Crippen molar-refractivity contribution < 1.29 is 21.6 Å². The average Bonchev–Trinajstić information content (AvgIpc) is 3.30. The van der Waals surface area contributed by atoms with E-state index in [-0.39, 0.29) is 35.5 Å². The SMILES string of the molecule is O=c1[nH]c2ccc(S(=O)(=O)N(CC3CCCO3)C3CCS(=O)(=O)C3)cc2[nH]1. The van der Waals surface area contributed by atoms with E-state index in [4.69, 9.17) is 4.74 Å². The summed E-state index contributed by atoms with van der Waals surface area (Å²) in [4.78, 5) is 16.6. The first-order chi connectivity index (χ1) is 12.7. The second kappa shape index (κ2) is 6.73. The molecule has 27 heavy (non-hydrogen) atoms. The summed E-state index contributed by atoms with van der Waals surface area (Å²) in [5.41, 5.74) is 0.475. The third kappa shape index (κ3) is 3.68. The number of ether oxygens (including phenoxy) is 1. The third-order valence-corrected chi connectivity index (χ3v) is 8.78. The Morgan fingerprint density at radius 1 is 1.19 bits per heavy atom. The molecule has 2 unspecified atom stereocenters. The highest BCUT2D eigenvalue weighted by atomic mass is 32.2. The number of hydrogen-bond acceptors (Lipinski definition) is 6. The molecule has 11 heteroatoms. The molecular weight excluding hydrogens is 394 g/mol. The summed E-state index contributed by atoms with van der Waals surface area (Å²) in [6.07, 6.45) is 1.64. The van der Waals surface area contributed by atoms with E-state index in [1.807, 2.05) is 0 Å². The van der Waals surface area contributed by atoms with E-state index in [1.165, 1.54) is 22.5 Å². The van der Waals surface area contributed by atoms with Gasteiger partial charge in [0.25, 0.3) is 0 Å². The summed E-state index contributed by atoms with van der Waals surface area (Å²) < 4.78 is 57.4. The first-order valence-corrected chi connectivity index (χ1v) is 12.1. The number of nitrogens with zero attached hydrogens (tertiary/aromatic N) is 1. The van der Waals surface area contributed by atoms with Crippen LogP contribution in [0.2, 0.25) is 0 Å². The summed E-state index contributed by atoms with van der Waals surface area (Å²) in [6.45, 7) is 0.711. The van der Waals surface area contributed by atoms with Crippen LogP contribution in [0.25, 0.3) is 11.0 Å². The van der Waals surface area contributed by atoms with Gasteiger partial charge in [-0.3, -0.25) is 0 Å². The number of imidazole rings is 1. The van der Waals surface area contributed by atoms with E-state index in [0.29, 0.717) is 17.6 Å². The zero-order valence-corrected chi connectivity index (χ0v) is 16.2. The second-order valence-electron chi connectivity index (χ2n) is 7.05. The molecule has 0 saturated carbocycles. The van der Waals surface area contributed by atoms with Gasteiger partial charge in [-0.05, 0) is 37.5 Å². The van der Waals surface area contributed by atoms with E-state index in [2.05, 4.69) is 9.97 Å². The Morgan fingerprint density at radius 2 is 1.96 bits per heavy atom. The fourth-order valence-corrected chi connectivity index (χ4v) is 7.28. The highest BCUT2D eigenvalue weighted by Gasteiger charge is 2.40. The second-order valence-corrected chi connectivity index (χ2v) is 11.2. The predicted molar refractivity (Wildman–Crippen MR) is 98.8 cm³/mol. The standard InChI is InChI=1S/C16H21N3O6S2/c20-16-17-14-4-3-13(8-15(14)18-16)27(23,24)19(9-12-2-1-6-25-12)11-5-7-26(21,22)10-11/h3-4,8,11-12H,1-2,5-7,9-10H2,(H2,17,18,20). The van der Waals surface area contributed by atoms with Crippen LogP contribution in [-0.2, 0) is 24.6 Å². The van der Waals surface area contributed by atoms with E-state index >= 15 is 0 Å². The van der Waals surface area contributed by atoms with E-state index < -0.39 is 31.6 Å². The highest BCUT2D eigenvalue weighted by molar-refractivity contribution is 7.92. The molecule has 0 aliphatic carbocycles. The summed E-state index contributed by atoms with van der Waals surface area (Å²) in [6, 6.07) is 3.74. The quantitative estimate of drug-likeness (QED) is 0.718. The molecule has 2 N–H and O–H groups in total. The van der Waals surface area contributed by atoms with Gasteiger partial charge < -0.3 is 14.7 Å². The molecule has 2 atom stereocenters. The van der Waals surface area contributed by atoms with E-state index in [0.717, 1.165) is 12.8 Å². The Bertz CT molecular complexity index is 1110. The van der Waals surface area contributed by atoms with Crippen LogP contribution in [-0.4, -0.2) is 67.9 Å². The van der Waals surface area contributed by atoms with Crippen molar-refractivity contribution in [1.82, 2.24) is 14.3 Å². The van der Waals surface area contributed by atoms with Crippen molar-refractivity contribution in [2.45, 2.75) is 36.3 Å². The minimum absolute atomic E-state index is 0.0145. The van der Waals surface area contributed by atoms with Gasteiger partial charge in [0.2, 0.25) is 10.0 Å². The summed E-state index contributed by atoms with van der Waals surface area (Å²) in [5, 5.41) is 0. The number of H-pyrrole nitrogens is 2. The zero-order chi connectivity index (χ0) is 19.2. The average molecular weight is 415 g/mol. The lowest BCUT2D eigenvalue weighted by Crippen LogP contribution is -2.45. The molecule has 148 valence electrons. The molecular formula is C16H21N3O6S2. The summed E-state index contributed by atoms with van der Waals surface area (Å²) in [7, 11) is -7.20. The molecule has 0 amide bonds. The molecule has 2 aliphatic heterocycles. The Kier molecular flexibility index (Phi) is 4.65. The minimum Gasteiger partial charge on any atom is -0.377 e. The zero-order valence-electron chi connectivity index (χ0n) is 14.5. The molecule has 0 bridgehead atoms. The number of rotatable bonds is 5. The lowest BCUT2D eigenvalue weighted by Gasteiger charge is -2.29. The molecule has 2 saturated heterocycles. The highest BCUT2D eigenvalue weighted by Crippen LogP contribution is 2.28. The molecule has 4 rings (SSSR count). The molecule has 2 aliphatic rings. The van der Waals surface area contributed by atoms with Gasteiger partial charge in [0.15, 0.2) is 9.84 Å². The van der Waals surface area contributed by atoms with Crippen molar-refractivity contribution in [2.24, 2.45) is 0 Å². The number of sulfone groups is 1. The first-order valence-electron chi connectivity index (χ1n) is 8.80. The van der Waals surface area contributed by atoms with Crippen molar-refractivity contribution in [3.63, 3.8) is 0 Å². The molecule has 2 fully saturated rings. The lowest BCUT2D eigenvalue weighted by molar-refractivity contribution is 0.0877. The van der Waals surface area contributed by atoms with Crippen LogP contribution in [0, 0.1) is 0 Å². The van der Waals surface area contributed by atoms with Crippen LogP contribution in [0.4, 0.5) is 0 Å². The number of hydrogen-bond donors (Lipinski definition) is 2. The van der Waals surface area contributed by atoms with E-state index in [9.17, 15) is 21.6 Å². The monoisotopic (exact) mass is 415 g/mol. The fraction of sp³-hybridized carbons (Fsp3) is 0.562. The fourth-order valence-electron chi connectivity index (χ4n) is 3.74. The van der Waals surface area contributed by atoms with Crippen molar-refractivity contribution in [3.05, 3.63) is 28.7 Å². The predicted octanol–water partition coefficient (Wildman–Crippen LogP) is 0.213. The number of fused-ring (bicyclic) bond motifs is 1. The van der Waals surface area contributed by atoms with Crippen LogP contribution in [0.3, 0.4) is 0 Å². The smallest absolute Gasteiger partial charge is 0.323 e. The van der Waals surface area contributed by atoms with Gasteiger partial charge in [0.1, 0.15) is 0 Å². The molecule has 0 spiro atoms. The Hall–Kier alpha value is -1.69. The lowest BCUT2D eigenvalue weighted by atomic mass is 10.2. The molecule has 1 aromatic heterocycles. The molecule has 2 aromatic rings. The van der Waals surface area contributed by atoms with Gasteiger partial charge in [-0.1, -0.05) is 0 Å². The van der Waals surface area contributed by atoms with Gasteiger partial charge in [-0.25, -0.2) is 21.6 Å². The topological polar surface area (TPSA) is 129 Å². The Morgan fingerprint density at radius 3 is 2.63 bits per heavy atom. The van der Waals surface area contributed by atoms with Crippen molar-refractivity contribution in [2.75, 3.05) is 24.7 Å². The first kappa shape index (κ1) is 18.7. The molecule has 3 heterocycles. The van der Waals surface area contributed by atoms with Crippen LogP contribution in [0.1, 0.15) is 19.3 Å². The number of nitrogens with one attached hydrogen (secondary N) is 2. The van der Waals surface area contributed by atoms with Crippen LogP contribution in [0.5, 0.6) is 0 Å². The molecule has 1 aromatic carbocycles. The minimum atomic E-state index is -3.95. The van der Waals surface area contributed by atoms with Crippen LogP contribution >= 0.6 is 0 Å². The van der Waals surface area contributed by atoms with Gasteiger partial charge in [-0.2, -0.15) is 4.31 Å². The Balaban J connectivity index is 1.72. The Labute approximate surface area is 156 Å². The largest absolute Gasteiger partial charge is 0.377 e. The summed E-state index contributed by atoms with van der Waals surface area (Å²) >= 11 is 0. The van der Waals surface area contributed by atoms with Crippen molar-refractivity contribution in [1.29, 1.82) is 0 Å². The third-order valence-electron chi connectivity index (χ3n) is 5.12. The van der Waals surface area contributed by atoms with E-state index in [1.54, 1.807) is 0 Å². The molecule has 0 radical (unpaired) electrons. The van der Waals surface area contributed by atoms with Gasteiger partial charge in [0, 0.05) is 19.2 Å². The van der Waals surface area contributed by atoms with Crippen molar-refractivity contribution >= 4 is 30.9 Å². The number of benzene rings is 1.